The standard InChI is InChI=1S/C15H20N4O3.CH2O2/c1-18(2)9-11-10-21-7-5-19(11)15(20)13-8-12(16-17-13)14-4-3-6-22-14;2-1-3/h3-4,6,8,11H,5,7,9-10H2,1-2H3,(H,16,17);1H,(H,2,3). The molecule has 3 heterocycles. The highest BCUT2D eigenvalue weighted by Crippen LogP contribution is 2.19. The van der Waals surface area contributed by atoms with Gasteiger partial charge in [-0.3, -0.25) is 14.7 Å². The number of aromatic nitrogens is 2. The Morgan fingerprint density at radius 2 is 2.32 bits per heavy atom. The SMILES string of the molecule is CN(C)CC1COCCN1C(=O)c1cc(-c2ccco2)[nH]n1.O=CO. The highest BCUT2D eigenvalue weighted by molar-refractivity contribution is 5.93. The minimum Gasteiger partial charge on any atom is -0.483 e. The molecule has 9 heteroatoms. The predicted molar refractivity (Wildman–Crippen MR) is 89.2 cm³/mol. The van der Waals surface area contributed by atoms with E-state index >= 15 is 0 Å². The number of amides is 1. The van der Waals surface area contributed by atoms with E-state index < -0.39 is 0 Å². The molecule has 1 amide bonds. The zero-order chi connectivity index (χ0) is 18.2. The Balaban J connectivity index is 0.000000701. The van der Waals surface area contributed by atoms with Crippen molar-refractivity contribution in [2.24, 2.45) is 0 Å². The summed E-state index contributed by atoms with van der Waals surface area (Å²) in [6.45, 7) is 2.21. The van der Waals surface area contributed by atoms with E-state index in [0.717, 1.165) is 6.54 Å². The number of hydrogen-bond donors (Lipinski definition) is 2. The maximum atomic E-state index is 12.7. The molecular formula is C16H22N4O5. The Kier molecular flexibility index (Phi) is 6.72. The Bertz CT molecular complexity index is 668. The van der Waals surface area contributed by atoms with Crippen LogP contribution in [-0.4, -0.2) is 83.9 Å². The van der Waals surface area contributed by atoms with Gasteiger partial charge in [0, 0.05) is 19.2 Å². The van der Waals surface area contributed by atoms with Gasteiger partial charge in [-0.1, -0.05) is 0 Å². The summed E-state index contributed by atoms with van der Waals surface area (Å²) in [4.78, 5) is 25.0. The van der Waals surface area contributed by atoms with Crippen LogP contribution in [0.4, 0.5) is 0 Å². The van der Waals surface area contributed by atoms with Gasteiger partial charge in [-0.2, -0.15) is 5.10 Å². The van der Waals surface area contributed by atoms with Crippen LogP contribution in [0.25, 0.3) is 11.5 Å². The van der Waals surface area contributed by atoms with Crippen LogP contribution in [0.5, 0.6) is 0 Å². The number of nitrogens with one attached hydrogen (secondary N) is 1. The zero-order valence-corrected chi connectivity index (χ0v) is 14.2. The van der Waals surface area contributed by atoms with E-state index in [1.807, 2.05) is 25.1 Å². The van der Waals surface area contributed by atoms with Crippen molar-refractivity contribution in [2.45, 2.75) is 6.04 Å². The second-order valence-electron chi connectivity index (χ2n) is 5.74. The van der Waals surface area contributed by atoms with Gasteiger partial charge in [-0.25, -0.2) is 0 Å². The molecule has 0 saturated carbocycles. The minimum absolute atomic E-state index is 0.0417. The maximum Gasteiger partial charge on any atom is 0.290 e. The molecule has 0 aliphatic carbocycles. The molecule has 2 N–H and O–H groups in total. The fourth-order valence-electron chi connectivity index (χ4n) is 2.63. The van der Waals surface area contributed by atoms with E-state index in [2.05, 4.69) is 15.1 Å². The highest BCUT2D eigenvalue weighted by atomic mass is 16.5. The number of ether oxygens (including phenoxy) is 1. The third-order valence-corrected chi connectivity index (χ3v) is 3.65. The molecule has 1 saturated heterocycles. The topological polar surface area (TPSA) is 112 Å². The number of H-pyrrole nitrogens is 1. The van der Waals surface area contributed by atoms with E-state index in [0.29, 0.717) is 36.9 Å². The number of likely N-dealkylation sites (N-methyl/N-ethyl adjacent to an activating group) is 1. The minimum atomic E-state index is -0.250. The first-order valence-corrected chi connectivity index (χ1v) is 7.77. The summed E-state index contributed by atoms with van der Waals surface area (Å²) in [5.74, 6) is 0.586. The first kappa shape index (κ1) is 18.7. The Morgan fingerprint density at radius 1 is 1.56 bits per heavy atom. The van der Waals surface area contributed by atoms with Crippen LogP contribution in [-0.2, 0) is 9.53 Å². The zero-order valence-electron chi connectivity index (χ0n) is 14.2. The molecule has 1 aliphatic rings. The number of carbonyl (C=O) groups is 2. The van der Waals surface area contributed by atoms with E-state index in [-0.39, 0.29) is 18.4 Å². The number of carboxylic acid groups (broad SMARTS) is 1. The fourth-order valence-corrected chi connectivity index (χ4v) is 2.63. The Hall–Kier alpha value is -2.65. The third-order valence-electron chi connectivity index (χ3n) is 3.65. The van der Waals surface area contributed by atoms with Crippen molar-refractivity contribution in [3.8, 4) is 11.5 Å². The summed E-state index contributed by atoms with van der Waals surface area (Å²) in [6, 6.07) is 5.39. The van der Waals surface area contributed by atoms with E-state index in [1.54, 1.807) is 18.4 Å². The largest absolute Gasteiger partial charge is 0.483 e. The van der Waals surface area contributed by atoms with Crippen LogP contribution in [0.2, 0.25) is 0 Å². The average molecular weight is 350 g/mol. The number of hydrogen-bond acceptors (Lipinski definition) is 6. The summed E-state index contributed by atoms with van der Waals surface area (Å²) in [5.41, 5.74) is 1.10. The van der Waals surface area contributed by atoms with Gasteiger partial charge in [0.05, 0.1) is 25.5 Å². The van der Waals surface area contributed by atoms with Crippen LogP contribution in [0.15, 0.2) is 28.9 Å². The van der Waals surface area contributed by atoms with Gasteiger partial charge < -0.3 is 24.1 Å². The number of aromatic amines is 1. The first-order valence-electron chi connectivity index (χ1n) is 7.77. The quantitative estimate of drug-likeness (QED) is 0.783. The van der Waals surface area contributed by atoms with Crippen molar-refractivity contribution < 1.29 is 23.8 Å². The summed E-state index contributed by atoms with van der Waals surface area (Å²) in [6.07, 6.45) is 1.59. The van der Waals surface area contributed by atoms with Crippen molar-refractivity contribution >= 4 is 12.4 Å². The van der Waals surface area contributed by atoms with E-state index in [9.17, 15) is 4.79 Å². The molecule has 2 aromatic rings. The lowest BCUT2D eigenvalue weighted by molar-refractivity contribution is -0.122. The number of nitrogens with zero attached hydrogens (tertiary/aromatic N) is 3. The summed E-state index contributed by atoms with van der Waals surface area (Å²) in [7, 11) is 3.97. The summed E-state index contributed by atoms with van der Waals surface area (Å²) in [5, 5.41) is 13.9. The summed E-state index contributed by atoms with van der Waals surface area (Å²) >= 11 is 0. The number of rotatable bonds is 4. The predicted octanol–water partition coefficient (Wildman–Crippen LogP) is 0.773. The normalized spacial score (nSPS) is 17.1. The van der Waals surface area contributed by atoms with Crippen LogP contribution in [0.1, 0.15) is 10.5 Å². The molecule has 0 radical (unpaired) electrons. The molecule has 2 aromatic heterocycles. The monoisotopic (exact) mass is 350 g/mol. The van der Waals surface area contributed by atoms with Crippen molar-refractivity contribution in [2.75, 3.05) is 40.4 Å². The summed E-state index contributed by atoms with van der Waals surface area (Å²) < 4.78 is 10.8. The number of morpholine rings is 1. The fraction of sp³-hybridized carbons (Fsp3) is 0.438. The van der Waals surface area contributed by atoms with Crippen LogP contribution in [0.3, 0.4) is 0 Å². The van der Waals surface area contributed by atoms with E-state index in [1.165, 1.54) is 0 Å². The molecule has 0 aromatic carbocycles. The second kappa shape index (κ2) is 9.00. The average Bonchev–Trinajstić information content (AvgIpc) is 3.26. The molecule has 1 aliphatic heterocycles. The molecule has 25 heavy (non-hydrogen) atoms. The van der Waals surface area contributed by atoms with Crippen molar-refractivity contribution in [3.05, 3.63) is 30.2 Å². The van der Waals surface area contributed by atoms with Gasteiger partial charge in [0.15, 0.2) is 11.5 Å². The van der Waals surface area contributed by atoms with Gasteiger partial charge in [-0.05, 0) is 26.2 Å². The van der Waals surface area contributed by atoms with Crippen molar-refractivity contribution in [1.29, 1.82) is 0 Å². The maximum absolute atomic E-state index is 12.7. The molecule has 0 bridgehead atoms. The molecule has 1 fully saturated rings. The number of carbonyl (C=O) groups excluding carboxylic acids is 1. The molecule has 0 spiro atoms. The molecule has 1 unspecified atom stereocenters. The molecule has 1 atom stereocenters. The van der Waals surface area contributed by atoms with Gasteiger partial charge >= 0.3 is 0 Å². The lowest BCUT2D eigenvalue weighted by Crippen LogP contribution is -2.52. The number of furan rings is 1. The van der Waals surface area contributed by atoms with Gasteiger partial charge in [-0.15, -0.1) is 0 Å². The van der Waals surface area contributed by atoms with Gasteiger partial charge in [0.1, 0.15) is 5.69 Å². The smallest absolute Gasteiger partial charge is 0.290 e. The Labute approximate surface area is 145 Å². The van der Waals surface area contributed by atoms with Gasteiger partial charge in [0.2, 0.25) is 0 Å². The van der Waals surface area contributed by atoms with Crippen molar-refractivity contribution in [3.63, 3.8) is 0 Å². The highest BCUT2D eigenvalue weighted by Gasteiger charge is 2.29. The lowest BCUT2D eigenvalue weighted by Gasteiger charge is -2.36. The van der Waals surface area contributed by atoms with Crippen molar-refractivity contribution in [1.82, 2.24) is 20.0 Å². The van der Waals surface area contributed by atoms with Crippen LogP contribution < -0.4 is 0 Å². The molecule has 136 valence electrons. The Morgan fingerprint density at radius 3 is 2.96 bits per heavy atom. The lowest BCUT2D eigenvalue weighted by atomic mass is 10.2. The van der Waals surface area contributed by atoms with Gasteiger partial charge in [0.25, 0.3) is 12.4 Å². The van der Waals surface area contributed by atoms with Crippen LogP contribution >= 0.6 is 0 Å². The van der Waals surface area contributed by atoms with E-state index in [4.69, 9.17) is 19.1 Å². The molecule has 3 rings (SSSR count). The molecule has 9 nitrogen and oxygen atoms in total. The first-order chi connectivity index (χ1) is 12.1. The second-order valence-corrected chi connectivity index (χ2v) is 5.74. The third kappa shape index (κ3) is 4.91. The molecular weight excluding hydrogens is 328 g/mol. The van der Waals surface area contributed by atoms with Crippen LogP contribution in [0, 0.1) is 0 Å².